The van der Waals surface area contributed by atoms with E-state index in [0.29, 0.717) is 12.8 Å². The zero-order valence-corrected chi connectivity index (χ0v) is 36.3. The average Bonchev–Trinajstić information content (AvgIpc) is 3.19. The first kappa shape index (κ1) is 53.1. The summed E-state index contributed by atoms with van der Waals surface area (Å²) in [6.45, 7) is 9.54. The van der Waals surface area contributed by atoms with Crippen LogP contribution in [-0.2, 0) is 14.3 Å². The van der Waals surface area contributed by atoms with Crippen LogP contribution in [0.15, 0.2) is 0 Å². The number of hydrogen-bond donors (Lipinski definition) is 7. The molecule has 1 rings (SSSR count). The van der Waals surface area contributed by atoms with E-state index in [2.05, 4.69) is 31.0 Å². The van der Waals surface area contributed by atoms with Gasteiger partial charge in [-0.25, -0.2) is 0 Å². The van der Waals surface area contributed by atoms with Crippen molar-refractivity contribution >= 4 is 5.91 Å². The van der Waals surface area contributed by atoms with Crippen LogP contribution in [0.3, 0.4) is 0 Å². The number of carbonyl (C=O) groups excluding carboxylic acids is 1. The van der Waals surface area contributed by atoms with E-state index in [9.17, 15) is 35.4 Å². The van der Waals surface area contributed by atoms with Crippen molar-refractivity contribution in [2.75, 3.05) is 32.8 Å². The Hall–Kier alpha value is -0.890. The minimum Gasteiger partial charge on any atom is -0.394 e. The van der Waals surface area contributed by atoms with Crippen LogP contribution in [0.25, 0.3) is 0 Å². The van der Waals surface area contributed by atoms with Crippen LogP contribution in [0.1, 0.15) is 201 Å². The van der Waals surface area contributed by atoms with E-state index >= 15 is 0 Å². The van der Waals surface area contributed by atoms with E-state index in [1.807, 2.05) is 0 Å². The van der Waals surface area contributed by atoms with Gasteiger partial charge in [0.05, 0.1) is 25.4 Å². The maximum Gasteiger partial charge on any atom is 0.220 e. The van der Waals surface area contributed by atoms with Crippen molar-refractivity contribution in [1.29, 1.82) is 0 Å². The summed E-state index contributed by atoms with van der Waals surface area (Å²) in [7, 11) is 0. The fourth-order valence-corrected chi connectivity index (χ4v) is 7.73. The number of carbonyl (C=O) groups is 1. The van der Waals surface area contributed by atoms with Crippen LogP contribution >= 0.6 is 0 Å². The van der Waals surface area contributed by atoms with Gasteiger partial charge in [0, 0.05) is 6.42 Å². The fraction of sp³-hybridized carbons (Fsp3) is 0.978. The summed E-state index contributed by atoms with van der Waals surface area (Å²) in [5, 5.41) is 65.2. The molecule has 0 aromatic carbocycles. The van der Waals surface area contributed by atoms with Gasteiger partial charge in [-0.15, -0.1) is 0 Å². The molecule has 11 nitrogen and oxygen atoms in total. The number of aliphatic hydroxyl groups is 6. The van der Waals surface area contributed by atoms with E-state index in [4.69, 9.17) is 9.47 Å². The van der Waals surface area contributed by atoms with Crippen LogP contribution in [0.4, 0.5) is 0 Å². The lowest BCUT2D eigenvalue weighted by Crippen LogP contribution is -2.60. The van der Waals surface area contributed by atoms with Gasteiger partial charge in [0.25, 0.3) is 0 Å². The maximum absolute atomic E-state index is 13.0. The molecule has 8 atom stereocenters. The van der Waals surface area contributed by atoms with Gasteiger partial charge in [0.15, 0.2) is 6.29 Å². The van der Waals surface area contributed by atoms with Crippen LogP contribution < -0.4 is 5.32 Å². The Kier molecular flexibility index (Phi) is 34.2. The summed E-state index contributed by atoms with van der Waals surface area (Å²) in [4.78, 5) is 15.7. The van der Waals surface area contributed by atoms with Gasteiger partial charge in [-0.2, -0.15) is 0 Å². The number of nitrogens with zero attached hydrogens (tertiary/aromatic N) is 1. The van der Waals surface area contributed by atoms with Crippen molar-refractivity contribution in [1.82, 2.24) is 10.2 Å². The SMILES string of the molecule is CCCCCCCCCCCCCC[C@@H](O)[C@@H](O)C(CO[C@H]1OC(CO)[C@H](O)[C@H](O)[C@H]1O)NC(=O)CCCCCCCCCCN(CCCCC)CCCCC. The molecule has 56 heavy (non-hydrogen) atoms. The molecule has 1 heterocycles. The minimum atomic E-state index is -1.61. The van der Waals surface area contributed by atoms with Gasteiger partial charge in [-0.05, 0) is 51.7 Å². The second-order valence-electron chi connectivity index (χ2n) is 16.8. The van der Waals surface area contributed by atoms with Gasteiger partial charge in [-0.3, -0.25) is 4.79 Å². The van der Waals surface area contributed by atoms with E-state index < -0.39 is 55.6 Å². The highest BCUT2D eigenvalue weighted by Crippen LogP contribution is 2.23. The molecule has 0 saturated carbocycles. The monoisotopic (exact) mass is 803 g/mol. The first-order chi connectivity index (χ1) is 27.2. The molecule has 334 valence electrons. The molecule has 1 saturated heterocycles. The lowest BCUT2D eigenvalue weighted by Gasteiger charge is -2.40. The van der Waals surface area contributed by atoms with Crippen molar-refractivity contribution in [2.45, 2.75) is 250 Å². The molecule has 1 fully saturated rings. The lowest BCUT2D eigenvalue weighted by molar-refractivity contribution is -0.303. The zero-order chi connectivity index (χ0) is 41.2. The molecule has 1 aliphatic rings. The number of hydrogen-bond acceptors (Lipinski definition) is 10. The second-order valence-corrected chi connectivity index (χ2v) is 16.8. The Morgan fingerprint density at radius 2 is 1.04 bits per heavy atom. The third-order valence-corrected chi connectivity index (χ3v) is 11.6. The topological polar surface area (TPSA) is 172 Å². The highest BCUT2D eigenvalue weighted by molar-refractivity contribution is 5.76. The van der Waals surface area contributed by atoms with Crippen LogP contribution in [-0.4, -0.2) is 123 Å². The largest absolute Gasteiger partial charge is 0.394 e. The summed E-state index contributed by atoms with van der Waals surface area (Å²) in [6.07, 6.45) is 21.9. The molecule has 0 aliphatic carbocycles. The van der Waals surface area contributed by atoms with Crippen molar-refractivity contribution in [3.8, 4) is 0 Å². The van der Waals surface area contributed by atoms with Gasteiger partial charge >= 0.3 is 0 Å². The van der Waals surface area contributed by atoms with Gasteiger partial charge < -0.3 is 50.3 Å². The van der Waals surface area contributed by atoms with Crippen LogP contribution in [0, 0.1) is 0 Å². The Labute approximate surface area is 342 Å². The summed E-state index contributed by atoms with van der Waals surface area (Å²) in [6, 6.07) is -0.989. The lowest BCUT2D eigenvalue weighted by atomic mass is 9.98. The molecule has 1 amide bonds. The fourth-order valence-electron chi connectivity index (χ4n) is 7.73. The highest BCUT2D eigenvalue weighted by atomic mass is 16.7. The Balaban J connectivity index is 2.46. The molecule has 0 aromatic heterocycles. The predicted molar refractivity (Wildman–Crippen MR) is 226 cm³/mol. The number of rotatable bonds is 39. The number of unbranched alkanes of at least 4 members (excludes halogenated alkanes) is 22. The van der Waals surface area contributed by atoms with Crippen molar-refractivity contribution in [2.24, 2.45) is 0 Å². The Morgan fingerprint density at radius 1 is 0.607 bits per heavy atom. The summed E-state index contributed by atoms with van der Waals surface area (Å²) in [5.41, 5.74) is 0. The first-order valence-electron chi connectivity index (χ1n) is 23.5. The third-order valence-electron chi connectivity index (χ3n) is 11.6. The molecule has 7 N–H and O–H groups in total. The van der Waals surface area contributed by atoms with Crippen molar-refractivity contribution < 1.29 is 44.9 Å². The zero-order valence-electron chi connectivity index (χ0n) is 36.3. The first-order valence-corrected chi connectivity index (χ1v) is 23.5. The molecule has 0 aromatic rings. The maximum atomic E-state index is 13.0. The molecular weight excluding hydrogens is 712 g/mol. The predicted octanol–water partition coefficient (Wildman–Crippen LogP) is 7.29. The molecule has 11 heteroatoms. The van der Waals surface area contributed by atoms with Crippen LogP contribution in [0.5, 0.6) is 0 Å². The van der Waals surface area contributed by atoms with Gasteiger partial charge in [0.2, 0.25) is 5.91 Å². The average molecular weight is 803 g/mol. The van der Waals surface area contributed by atoms with E-state index in [-0.39, 0.29) is 18.9 Å². The minimum absolute atomic E-state index is 0.258. The number of aliphatic hydroxyl groups excluding tert-OH is 6. The number of ether oxygens (including phenoxy) is 2. The standard InChI is InChI=1S/C45H90N2O9/c1-4-7-10-11-12-13-14-15-16-19-22-25-30-38(49)41(51)37(36-55-45-44(54)43(53)42(52)39(35-48)56-45)46-40(50)31-26-23-20-17-18-21-24-29-34-47(32-27-8-5-2)33-28-9-6-3/h37-39,41-45,48-49,51-54H,4-36H2,1-3H3,(H,46,50)/t37?,38-,39?,41+,42+,43+,44-,45+/m1/s1. The molecule has 0 radical (unpaired) electrons. The summed E-state index contributed by atoms with van der Waals surface area (Å²) >= 11 is 0. The van der Waals surface area contributed by atoms with E-state index in [1.165, 1.54) is 135 Å². The normalized spacial score (nSPS) is 21.7. The summed E-state index contributed by atoms with van der Waals surface area (Å²) < 4.78 is 11.2. The number of amides is 1. The molecule has 1 aliphatic heterocycles. The van der Waals surface area contributed by atoms with E-state index in [0.717, 1.165) is 44.9 Å². The Morgan fingerprint density at radius 3 is 1.54 bits per heavy atom. The number of nitrogens with one attached hydrogen (secondary N) is 1. The molecule has 0 spiro atoms. The second kappa shape index (κ2) is 36.0. The summed E-state index contributed by atoms with van der Waals surface area (Å²) in [5.74, 6) is -0.258. The van der Waals surface area contributed by atoms with Crippen LogP contribution in [0.2, 0.25) is 0 Å². The van der Waals surface area contributed by atoms with Gasteiger partial charge in [0.1, 0.15) is 30.5 Å². The Bertz CT molecular complexity index is 875. The smallest absolute Gasteiger partial charge is 0.220 e. The molecule has 0 bridgehead atoms. The van der Waals surface area contributed by atoms with Gasteiger partial charge in [-0.1, -0.05) is 162 Å². The van der Waals surface area contributed by atoms with Crippen molar-refractivity contribution in [3.05, 3.63) is 0 Å². The quantitative estimate of drug-likeness (QED) is 0.0313. The highest BCUT2D eigenvalue weighted by Gasteiger charge is 2.44. The van der Waals surface area contributed by atoms with Crippen molar-refractivity contribution in [3.63, 3.8) is 0 Å². The van der Waals surface area contributed by atoms with E-state index in [1.54, 1.807) is 0 Å². The molecule has 2 unspecified atom stereocenters. The third kappa shape index (κ3) is 25.6. The molecular formula is C45H90N2O9.